The van der Waals surface area contributed by atoms with E-state index in [0.717, 1.165) is 31.0 Å². The molecule has 3 heterocycles. The molecular formula is C16H21N5O. The van der Waals surface area contributed by atoms with E-state index < -0.39 is 0 Å². The first kappa shape index (κ1) is 14.6. The zero-order chi connectivity index (χ0) is 15.5. The Hall–Kier alpha value is -2.37. The predicted octanol–water partition coefficient (Wildman–Crippen LogP) is 1.91. The highest BCUT2D eigenvalue weighted by Crippen LogP contribution is 2.33. The molecule has 22 heavy (non-hydrogen) atoms. The average Bonchev–Trinajstić information content (AvgIpc) is 2.96. The van der Waals surface area contributed by atoms with Crippen LogP contribution in [0.1, 0.15) is 41.5 Å². The number of rotatable bonds is 3. The molecule has 1 fully saturated rings. The van der Waals surface area contributed by atoms with Gasteiger partial charge in [-0.2, -0.15) is 0 Å². The maximum Gasteiger partial charge on any atom is 0.267 e. The van der Waals surface area contributed by atoms with Crippen LogP contribution in [0.2, 0.25) is 0 Å². The Balaban J connectivity index is 1.95. The molecule has 6 heteroatoms. The second kappa shape index (κ2) is 6.17. The van der Waals surface area contributed by atoms with Gasteiger partial charge in [-0.1, -0.05) is 0 Å². The Morgan fingerprint density at radius 2 is 2.05 bits per heavy atom. The lowest BCUT2D eigenvalue weighted by molar-refractivity contribution is 0.0954. The van der Waals surface area contributed by atoms with Crippen molar-refractivity contribution in [3.05, 3.63) is 42.0 Å². The van der Waals surface area contributed by atoms with Crippen LogP contribution in [0.3, 0.4) is 0 Å². The number of carbonyl (C=O) groups excluding carboxylic acids is 1. The fraction of sp³-hybridized carbons (Fsp3) is 0.438. The van der Waals surface area contributed by atoms with E-state index in [0.29, 0.717) is 5.69 Å². The van der Waals surface area contributed by atoms with Crippen molar-refractivity contribution >= 4 is 11.9 Å². The van der Waals surface area contributed by atoms with Gasteiger partial charge in [0.1, 0.15) is 5.69 Å². The zero-order valence-corrected chi connectivity index (χ0v) is 13.0. The molecule has 1 aliphatic rings. The molecule has 1 amide bonds. The smallest absolute Gasteiger partial charge is 0.267 e. The minimum atomic E-state index is -0.0629. The Kier molecular flexibility index (Phi) is 4.09. The van der Waals surface area contributed by atoms with Gasteiger partial charge >= 0.3 is 0 Å². The van der Waals surface area contributed by atoms with Crippen LogP contribution in [-0.4, -0.2) is 34.0 Å². The summed E-state index contributed by atoms with van der Waals surface area (Å²) in [7, 11) is 3.60. The number of hydrogen-bond donors (Lipinski definition) is 1. The molecule has 0 bridgehead atoms. The van der Waals surface area contributed by atoms with Gasteiger partial charge in [0.25, 0.3) is 5.91 Å². The van der Waals surface area contributed by atoms with Crippen molar-refractivity contribution in [2.45, 2.75) is 25.3 Å². The number of amides is 1. The summed E-state index contributed by atoms with van der Waals surface area (Å²) in [6.07, 6.45) is 6.91. The standard InChI is InChI=1S/C16H21N5O/c1-17-15(22)14-8-7-12(20(14)2)13-6-3-4-11-21(13)16-18-9-5-10-19-16/h5,7-10,13H,3-4,6,11H2,1-2H3,(H,17,22)/t13-/m1/s1. The third kappa shape index (κ3) is 2.56. The summed E-state index contributed by atoms with van der Waals surface area (Å²) < 4.78 is 1.98. The van der Waals surface area contributed by atoms with Crippen LogP contribution in [0.4, 0.5) is 5.95 Å². The van der Waals surface area contributed by atoms with Crippen LogP contribution in [0, 0.1) is 0 Å². The van der Waals surface area contributed by atoms with Gasteiger partial charge in [0.05, 0.1) is 6.04 Å². The van der Waals surface area contributed by atoms with Crippen molar-refractivity contribution in [1.82, 2.24) is 19.9 Å². The van der Waals surface area contributed by atoms with Crippen molar-refractivity contribution in [1.29, 1.82) is 0 Å². The molecule has 2 aromatic rings. The van der Waals surface area contributed by atoms with Gasteiger partial charge in [0.15, 0.2) is 0 Å². The number of carbonyl (C=O) groups is 1. The SMILES string of the molecule is CNC(=O)c1ccc([C@H]2CCCCN2c2ncccn2)n1C. The van der Waals surface area contributed by atoms with Crippen LogP contribution < -0.4 is 10.2 Å². The van der Waals surface area contributed by atoms with Crippen LogP contribution in [0.15, 0.2) is 30.6 Å². The predicted molar refractivity (Wildman–Crippen MR) is 84.8 cm³/mol. The van der Waals surface area contributed by atoms with Crippen molar-refractivity contribution < 1.29 is 4.79 Å². The lowest BCUT2D eigenvalue weighted by Crippen LogP contribution is -2.36. The molecule has 1 saturated heterocycles. The summed E-state index contributed by atoms with van der Waals surface area (Å²) in [5, 5.41) is 2.68. The fourth-order valence-electron chi connectivity index (χ4n) is 3.14. The van der Waals surface area contributed by atoms with Crippen molar-refractivity contribution in [3.63, 3.8) is 0 Å². The number of anilines is 1. The maximum absolute atomic E-state index is 11.9. The quantitative estimate of drug-likeness (QED) is 0.940. The Bertz CT molecular complexity index is 652. The molecule has 1 aliphatic heterocycles. The zero-order valence-electron chi connectivity index (χ0n) is 13.0. The van der Waals surface area contributed by atoms with Gasteiger partial charge in [0, 0.05) is 38.7 Å². The number of piperidine rings is 1. The van der Waals surface area contributed by atoms with Crippen molar-refractivity contribution in [2.24, 2.45) is 7.05 Å². The Labute approximate surface area is 130 Å². The topological polar surface area (TPSA) is 63.1 Å². The molecular weight excluding hydrogens is 278 g/mol. The molecule has 0 aromatic carbocycles. The lowest BCUT2D eigenvalue weighted by atomic mass is 10.00. The van der Waals surface area contributed by atoms with Crippen LogP contribution in [0.25, 0.3) is 0 Å². The Morgan fingerprint density at radius 1 is 1.27 bits per heavy atom. The van der Waals surface area contributed by atoms with Crippen LogP contribution >= 0.6 is 0 Å². The van der Waals surface area contributed by atoms with E-state index in [1.165, 1.54) is 6.42 Å². The normalized spacial score (nSPS) is 18.3. The van der Waals surface area contributed by atoms with Crippen molar-refractivity contribution in [3.8, 4) is 0 Å². The molecule has 1 atom stereocenters. The molecule has 3 rings (SSSR count). The summed E-state index contributed by atoms with van der Waals surface area (Å²) in [5.74, 6) is 0.696. The highest BCUT2D eigenvalue weighted by Gasteiger charge is 2.28. The molecule has 0 radical (unpaired) electrons. The van der Waals surface area contributed by atoms with E-state index in [9.17, 15) is 4.79 Å². The summed E-state index contributed by atoms with van der Waals surface area (Å²) in [6.45, 7) is 0.940. The molecule has 6 nitrogen and oxygen atoms in total. The summed E-state index contributed by atoms with van der Waals surface area (Å²) >= 11 is 0. The first-order valence-corrected chi connectivity index (χ1v) is 7.63. The van der Waals surface area contributed by atoms with E-state index in [2.05, 4.69) is 20.2 Å². The first-order chi connectivity index (χ1) is 10.7. The molecule has 1 N–H and O–H groups in total. The monoisotopic (exact) mass is 299 g/mol. The summed E-state index contributed by atoms with van der Waals surface area (Å²) in [4.78, 5) is 22.9. The highest BCUT2D eigenvalue weighted by atomic mass is 16.1. The molecule has 116 valence electrons. The number of hydrogen-bond acceptors (Lipinski definition) is 4. The number of nitrogens with zero attached hydrogens (tertiary/aromatic N) is 4. The fourth-order valence-corrected chi connectivity index (χ4v) is 3.14. The third-order valence-corrected chi connectivity index (χ3v) is 4.27. The second-order valence-electron chi connectivity index (χ2n) is 5.54. The number of nitrogens with one attached hydrogen (secondary N) is 1. The molecule has 0 unspecified atom stereocenters. The van der Waals surface area contributed by atoms with Gasteiger partial charge in [-0.05, 0) is 37.5 Å². The van der Waals surface area contributed by atoms with E-state index >= 15 is 0 Å². The van der Waals surface area contributed by atoms with Gasteiger partial charge in [0.2, 0.25) is 5.95 Å². The van der Waals surface area contributed by atoms with E-state index in [-0.39, 0.29) is 11.9 Å². The van der Waals surface area contributed by atoms with E-state index in [1.807, 2.05) is 29.8 Å². The Morgan fingerprint density at radius 3 is 2.77 bits per heavy atom. The minimum Gasteiger partial charge on any atom is -0.354 e. The molecule has 2 aromatic heterocycles. The minimum absolute atomic E-state index is 0.0629. The molecule has 0 saturated carbocycles. The highest BCUT2D eigenvalue weighted by molar-refractivity contribution is 5.92. The first-order valence-electron chi connectivity index (χ1n) is 7.63. The average molecular weight is 299 g/mol. The second-order valence-corrected chi connectivity index (χ2v) is 5.54. The van der Waals surface area contributed by atoms with E-state index in [4.69, 9.17) is 0 Å². The summed E-state index contributed by atoms with van der Waals surface area (Å²) in [5.41, 5.74) is 1.81. The van der Waals surface area contributed by atoms with Gasteiger partial charge in [-0.3, -0.25) is 4.79 Å². The van der Waals surface area contributed by atoms with Gasteiger partial charge < -0.3 is 14.8 Å². The largest absolute Gasteiger partial charge is 0.354 e. The number of aromatic nitrogens is 3. The van der Waals surface area contributed by atoms with Crippen LogP contribution in [0.5, 0.6) is 0 Å². The maximum atomic E-state index is 11.9. The molecule has 0 aliphatic carbocycles. The van der Waals surface area contributed by atoms with Gasteiger partial charge in [-0.15, -0.1) is 0 Å². The lowest BCUT2D eigenvalue weighted by Gasteiger charge is -2.36. The van der Waals surface area contributed by atoms with Crippen molar-refractivity contribution in [2.75, 3.05) is 18.5 Å². The molecule has 0 spiro atoms. The third-order valence-electron chi connectivity index (χ3n) is 4.27. The summed E-state index contributed by atoms with van der Waals surface area (Å²) in [6, 6.07) is 5.96. The van der Waals surface area contributed by atoms with Gasteiger partial charge in [-0.25, -0.2) is 9.97 Å². The van der Waals surface area contributed by atoms with E-state index in [1.54, 1.807) is 19.4 Å². The van der Waals surface area contributed by atoms with Crippen LogP contribution in [-0.2, 0) is 7.05 Å².